The summed E-state index contributed by atoms with van der Waals surface area (Å²) in [6, 6.07) is 7.32. The lowest BCUT2D eigenvalue weighted by Crippen LogP contribution is -2.70. The highest BCUT2D eigenvalue weighted by atomic mass is 16.8. The van der Waals surface area contributed by atoms with Crippen molar-refractivity contribution in [3.8, 4) is 0 Å². The molecule has 0 radical (unpaired) electrons. The minimum absolute atomic E-state index is 0.0894. The van der Waals surface area contributed by atoms with Gasteiger partial charge in [0.1, 0.15) is 98.3 Å². The van der Waals surface area contributed by atoms with E-state index in [0.29, 0.717) is 37.7 Å². The van der Waals surface area contributed by atoms with Gasteiger partial charge in [-0.15, -0.1) is 0 Å². The Bertz CT molecular complexity index is 3190. The number of carbonyl (C=O) groups is 5. The van der Waals surface area contributed by atoms with Gasteiger partial charge in [0.15, 0.2) is 43.5 Å². The van der Waals surface area contributed by atoms with Crippen molar-refractivity contribution in [2.24, 2.45) is 56.2 Å². The van der Waals surface area contributed by atoms with Crippen molar-refractivity contribution in [3.05, 3.63) is 53.6 Å². The van der Waals surface area contributed by atoms with Gasteiger partial charge in [0.2, 0.25) is 6.29 Å². The van der Waals surface area contributed by atoms with Gasteiger partial charge in [0.05, 0.1) is 48.5 Å². The van der Waals surface area contributed by atoms with Gasteiger partial charge in [-0.25, -0.2) is 4.79 Å². The molecule has 35 atom stereocenters. The average molecular weight is 1450 g/mol. The van der Waals surface area contributed by atoms with Crippen LogP contribution in [-0.4, -0.2) is 271 Å². The Morgan fingerprint density at radius 2 is 1.22 bits per heavy atom. The second kappa shape index (κ2) is 30.2. The molecule has 572 valence electrons. The third-order valence-electron chi connectivity index (χ3n) is 25.2. The largest absolute Gasteiger partial charge is 0.465 e. The van der Waals surface area contributed by atoms with Crippen LogP contribution < -0.4 is 0 Å². The van der Waals surface area contributed by atoms with Crippen LogP contribution in [0.25, 0.3) is 6.08 Å². The van der Waals surface area contributed by atoms with Gasteiger partial charge in [-0.2, -0.15) is 0 Å². The Balaban J connectivity index is 0.894. The standard InChI is InChI=1S/C72H104O30/c1-32-11-13-36(14-12-32)15-18-46(79)98-56-34(3)93-64(60(58(56)94-35(4)76)101-62-54(87)51(84)47(80)33(2)92-62)102-66(89)72-24-23-67(5,6)25-38(72)37-16-17-43-68(7)21-20-45(69(8,30-74)42(68)19-22-70(43,9)71(37,10)26-44(72)78)97-65-59(100-63-55(88)52(85)49(82)40(27-73)95-63)57(50(83)41(96-65)29-90-31-75)99-61-53(86)48(81)39(77)28-91-61/h11-18,30-31,33-34,37-45,47-65,73,77-78,80-88H,19-29H2,1-10H3/b18-15+/t33?,34?,37?,38-,39?,40?,41?,42+,43+,44+,45-,47?,48?,49?,50?,51?,52?,53?,54?,55?,56?,57?,58?,59?,60?,61?,62?,63?,64?,65?,68-,69-,70+,71+,72+/m0/s1. The van der Waals surface area contributed by atoms with Crippen LogP contribution in [0.5, 0.6) is 0 Å². The van der Waals surface area contributed by atoms with Gasteiger partial charge in [-0.1, -0.05) is 83.5 Å². The van der Waals surface area contributed by atoms with Crippen molar-refractivity contribution in [2.45, 2.75) is 280 Å². The highest BCUT2D eigenvalue weighted by Gasteiger charge is 2.74. The number of aliphatic hydroxyl groups is 12. The number of esters is 3. The lowest BCUT2D eigenvalue weighted by atomic mass is 9.32. The van der Waals surface area contributed by atoms with E-state index in [-0.39, 0.29) is 37.1 Å². The zero-order valence-electron chi connectivity index (χ0n) is 59.1. The number of ether oxygens (including phenoxy) is 13. The fourth-order valence-electron chi connectivity index (χ4n) is 19.2. The normalized spacial score (nSPS) is 49.2. The fourth-order valence-corrected chi connectivity index (χ4v) is 19.2. The van der Waals surface area contributed by atoms with Crippen LogP contribution in [0.1, 0.15) is 125 Å². The van der Waals surface area contributed by atoms with Crippen molar-refractivity contribution in [2.75, 3.05) is 19.8 Å². The molecule has 5 heterocycles. The molecule has 30 nitrogen and oxygen atoms in total. The molecule has 5 aliphatic heterocycles. The summed E-state index contributed by atoms with van der Waals surface area (Å²) in [6.07, 6.45) is -32.9. The number of aliphatic hydroxyl groups excluding tert-OH is 12. The number of hydrogen-bond donors (Lipinski definition) is 12. The number of benzene rings is 1. The Morgan fingerprint density at radius 3 is 1.87 bits per heavy atom. The van der Waals surface area contributed by atoms with Gasteiger partial charge in [0.25, 0.3) is 6.47 Å². The number of carbonyl (C=O) groups excluding carboxylic acids is 5. The van der Waals surface area contributed by atoms with E-state index in [0.717, 1.165) is 18.8 Å². The quantitative estimate of drug-likeness (QED) is 0.0213. The molecule has 30 heteroatoms. The van der Waals surface area contributed by atoms with Crippen LogP contribution >= 0.6 is 0 Å². The summed E-state index contributed by atoms with van der Waals surface area (Å²) in [7, 11) is 0. The minimum atomic E-state index is -2.02. The topological polar surface area (TPSA) is 448 Å². The van der Waals surface area contributed by atoms with E-state index in [1.807, 2.05) is 19.1 Å². The maximum absolute atomic E-state index is 16.0. The molecule has 102 heavy (non-hydrogen) atoms. The van der Waals surface area contributed by atoms with E-state index in [9.17, 15) is 80.5 Å². The van der Waals surface area contributed by atoms with E-state index < -0.39 is 242 Å². The lowest BCUT2D eigenvalue weighted by molar-refractivity contribution is -0.395. The molecule has 1 aromatic rings. The predicted octanol–water partition coefficient (Wildman–Crippen LogP) is -0.187. The van der Waals surface area contributed by atoms with Gasteiger partial charge in [0, 0.05) is 13.0 Å². The molecule has 5 saturated heterocycles. The van der Waals surface area contributed by atoms with E-state index >= 15 is 4.79 Å². The molecule has 9 fully saturated rings. The van der Waals surface area contributed by atoms with Crippen molar-refractivity contribution in [1.29, 1.82) is 0 Å². The zero-order valence-corrected chi connectivity index (χ0v) is 59.1. The molecule has 25 unspecified atom stereocenters. The van der Waals surface area contributed by atoms with E-state index in [1.165, 1.54) is 26.0 Å². The monoisotopic (exact) mass is 1450 g/mol. The summed E-state index contributed by atoms with van der Waals surface area (Å²) in [5.41, 5.74) is -3.82. The third-order valence-corrected chi connectivity index (χ3v) is 25.2. The van der Waals surface area contributed by atoms with Crippen molar-refractivity contribution in [1.82, 2.24) is 0 Å². The van der Waals surface area contributed by atoms with Crippen LogP contribution in [0.2, 0.25) is 0 Å². The number of hydrogen-bond acceptors (Lipinski definition) is 30. The van der Waals surface area contributed by atoms with Crippen LogP contribution in [0.3, 0.4) is 0 Å². The highest BCUT2D eigenvalue weighted by molar-refractivity contribution is 5.87. The average Bonchev–Trinajstić information content (AvgIpc) is 0.671. The first-order chi connectivity index (χ1) is 48.0. The summed E-state index contributed by atoms with van der Waals surface area (Å²) < 4.78 is 79.5. The van der Waals surface area contributed by atoms with Crippen molar-refractivity contribution in [3.63, 3.8) is 0 Å². The first-order valence-electron chi connectivity index (χ1n) is 35.5. The maximum atomic E-state index is 16.0. The summed E-state index contributed by atoms with van der Waals surface area (Å²) in [6.45, 7) is 16.5. The highest BCUT2D eigenvalue weighted by Crippen LogP contribution is 2.76. The summed E-state index contributed by atoms with van der Waals surface area (Å²) >= 11 is 0. The zero-order chi connectivity index (χ0) is 74.2. The summed E-state index contributed by atoms with van der Waals surface area (Å²) in [4.78, 5) is 68.9. The number of allylic oxidation sites excluding steroid dienone is 2. The fraction of sp³-hybridized carbons (Fsp3) is 0.792. The molecule has 0 spiro atoms. The van der Waals surface area contributed by atoms with E-state index in [1.54, 1.807) is 19.1 Å². The smallest absolute Gasteiger partial charge is 0.331 e. The molecular weight excluding hydrogens is 1340 g/mol. The number of aryl methyl sites for hydroxylation is 1. The minimum Gasteiger partial charge on any atom is -0.465 e. The van der Waals surface area contributed by atoms with E-state index in [2.05, 4.69) is 46.8 Å². The second-order valence-electron chi connectivity index (χ2n) is 31.9. The van der Waals surface area contributed by atoms with Crippen LogP contribution in [0, 0.1) is 63.1 Å². The predicted molar refractivity (Wildman–Crippen MR) is 347 cm³/mol. The molecule has 5 aliphatic carbocycles. The summed E-state index contributed by atoms with van der Waals surface area (Å²) in [5, 5.41) is 134. The summed E-state index contributed by atoms with van der Waals surface area (Å²) in [5.74, 6) is -4.34. The Kier molecular flexibility index (Phi) is 23.3. The molecule has 0 aromatic heterocycles. The third kappa shape index (κ3) is 14.1. The molecule has 12 N–H and O–H groups in total. The molecule has 1 aromatic carbocycles. The molecular formula is C72H104O30. The first kappa shape index (κ1) is 78.5. The number of fused-ring (bicyclic) bond motifs is 7. The Labute approximate surface area is 591 Å². The van der Waals surface area contributed by atoms with Gasteiger partial charge < -0.3 is 128 Å². The molecule has 11 rings (SSSR count). The Hall–Kier alpha value is -4.59. The maximum Gasteiger partial charge on any atom is 0.331 e. The van der Waals surface area contributed by atoms with Crippen molar-refractivity contribution < 1.29 is 147 Å². The molecule has 10 aliphatic rings. The molecule has 0 bridgehead atoms. The van der Waals surface area contributed by atoms with Gasteiger partial charge >= 0.3 is 17.9 Å². The van der Waals surface area contributed by atoms with Gasteiger partial charge in [-0.3, -0.25) is 14.4 Å². The first-order valence-corrected chi connectivity index (χ1v) is 35.5. The number of rotatable bonds is 19. The van der Waals surface area contributed by atoms with Crippen LogP contribution in [0.4, 0.5) is 0 Å². The van der Waals surface area contributed by atoms with Crippen LogP contribution in [0.15, 0.2) is 42.5 Å². The second-order valence-corrected chi connectivity index (χ2v) is 31.9. The molecule has 4 saturated carbocycles. The van der Waals surface area contributed by atoms with Gasteiger partial charge in [-0.05, 0) is 129 Å². The SMILES string of the molecule is CC(=O)OC1C(OC(=O)/C=C/c2ccc(C)cc2)C(C)OC(OC(=O)[C@]23CCC(C)(C)C[C@H]2C2C=C[C@@H]4[C@@]5(C)CC[C@H](OC6OC(COC=O)C(O)C(OC7OCC(O)C(O)C7O)C6OC6OC(CO)C(O)C(O)C6O)[C@@](C)(C=O)[C@@H]5CC[C@@]4(C)[C@]2(C)C[C@H]3O)C1OC1OC(C)C(O)C(O)C1O. The lowest BCUT2D eigenvalue weighted by Gasteiger charge is -2.72. The Morgan fingerprint density at radius 1 is 0.588 bits per heavy atom. The molecule has 0 amide bonds. The van der Waals surface area contributed by atoms with Crippen LogP contribution in [-0.2, 0) is 85.6 Å². The van der Waals surface area contributed by atoms with E-state index in [4.69, 9.17) is 61.6 Å². The van der Waals surface area contributed by atoms with Crippen molar-refractivity contribution >= 4 is 36.7 Å². The number of aldehydes is 1.